The number of nitrogens with one attached hydrogen (secondary N) is 1. The summed E-state index contributed by atoms with van der Waals surface area (Å²) < 4.78 is 51.7. The van der Waals surface area contributed by atoms with Gasteiger partial charge in [0.15, 0.2) is 0 Å². The van der Waals surface area contributed by atoms with E-state index in [9.17, 15) is 13.2 Å². The summed E-state index contributed by atoms with van der Waals surface area (Å²) in [6.45, 7) is 1.28. The number of nitrogens with two attached hydrogens (primary N) is 1. The fourth-order valence-electron chi connectivity index (χ4n) is 3.32. The van der Waals surface area contributed by atoms with Crippen molar-refractivity contribution in [3.8, 4) is 11.8 Å². The molecule has 0 spiro atoms. The van der Waals surface area contributed by atoms with Crippen LogP contribution in [-0.2, 0) is 15.7 Å². The molecule has 0 aromatic heterocycles. The van der Waals surface area contributed by atoms with Crippen LogP contribution in [-0.4, -0.2) is 26.4 Å². The second-order valence-corrected chi connectivity index (χ2v) is 7.50. The monoisotopic (exact) mass is 408 g/mol. The van der Waals surface area contributed by atoms with Gasteiger partial charge in [0.05, 0.1) is 17.4 Å². The van der Waals surface area contributed by atoms with E-state index in [1.165, 1.54) is 25.4 Å². The van der Waals surface area contributed by atoms with Gasteiger partial charge in [0.1, 0.15) is 6.10 Å². The van der Waals surface area contributed by atoms with Crippen LogP contribution >= 0.6 is 0 Å². The van der Waals surface area contributed by atoms with Crippen LogP contribution in [0.2, 0.25) is 0 Å². The van der Waals surface area contributed by atoms with E-state index in [0.717, 1.165) is 44.8 Å². The van der Waals surface area contributed by atoms with E-state index < -0.39 is 17.8 Å². The summed E-state index contributed by atoms with van der Waals surface area (Å²) in [6.07, 6.45) is 1.26. The van der Waals surface area contributed by atoms with Gasteiger partial charge in [-0.2, -0.15) is 13.2 Å². The topological polar surface area (TPSA) is 56.5 Å². The maximum absolute atomic E-state index is 13.6. The van der Waals surface area contributed by atoms with E-state index in [-0.39, 0.29) is 17.4 Å². The van der Waals surface area contributed by atoms with Crippen LogP contribution in [0.1, 0.15) is 54.9 Å². The molecule has 1 aromatic carbocycles. The smallest absolute Gasteiger partial charge is 0.398 e. The Labute approximate surface area is 169 Å². The van der Waals surface area contributed by atoms with Gasteiger partial charge in [0.2, 0.25) is 0 Å². The number of methoxy groups -OCH3 is 1. The fraction of sp³-hybridized carbons (Fsp3) is 0.545. The molecule has 3 N–H and O–H groups in total. The van der Waals surface area contributed by atoms with Crippen molar-refractivity contribution in [1.29, 1.82) is 0 Å². The standard InChI is InChI=1S/C22H27F3N2O2/c1-28-21(20(26)14-27-13-17-4-2-3-11-29-17)18-12-16(8-7-15-5-6-15)9-10-19(18)22(23,24)25/h9-10,12,14-15,17,21,27H,2-6,11,13,26H2,1H3/b20-14-. The van der Waals surface area contributed by atoms with Gasteiger partial charge in [-0.05, 0) is 50.3 Å². The number of hydrogen-bond acceptors (Lipinski definition) is 4. The molecule has 0 bridgehead atoms. The molecule has 0 radical (unpaired) electrons. The molecule has 0 amide bonds. The molecule has 1 heterocycles. The van der Waals surface area contributed by atoms with Gasteiger partial charge in [0.25, 0.3) is 0 Å². The number of halogens is 3. The molecule has 1 saturated heterocycles. The fourth-order valence-corrected chi connectivity index (χ4v) is 3.32. The Morgan fingerprint density at radius 3 is 2.76 bits per heavy atom. The van der Waals surface area contributed by atoms with E-state index in [4.69, 9.17) is 15.2 Å². The Hall–Kier alpha value is -2.17. The lowest BCUT2D eigenvalue weighted by Crippen LogP contribution is -2.30. The molecular formula is C22H27F3N2O2. The molecule has 1 aliphatic carbocycles. The molecule has 4 nitrogen and oxygen atoms in total. The number of hydrogen-bond donors (Lipinski definition) is 2. The number of rotatable bonds is 6. The number of benzene rings is 1. The first-order valence-corrected chi connectivity index (χ1v) is 9.94. The number of alkyl halides is 3. The number of ether oxygens (including phenoxy) is 2. The van der Waals surface area contributed by atoms with E-state index >= 15 is 0 Å². The van der Waals surface area contributed by atoms with Crippen molar-refractivity contribution >= 4 is 0 Å². The molecule has 1 saturated carbocycles. The Bertz CT molecular complexity index is 785. The first kappa shape index (κ1) is 21.5. The SMILES string of the molecule is COC(/C(N)=C/NCC1CCCCO1)c1cc(C#CC2CC2)ccc1C(F)(F)F. The van der Waals surface area contributed by atoms with Crippen molar-refractivity contribution in [1.82, 2.24) is 5.32 Å². The lowest BCUT2D eigenvalue weighted by molar-refractivity contribution is -0.139. The van der Waals surface area contributed by atoms with E-state index in [1.807, 2.05) is 0 Å². The highest BCUT2D eigenvalue weighted by atomic mass is 19.4. The zero-order valence-electron chi connectivity index (χ0n) is 16.5. The van der Waals surface area contributed by atoms with Crippen molar-refractivity contribution in [2.45, 2.75) is 50.5 Å². The molecule has 1 aliphatic heterocycles. The van der Waals surface area contributed by atoms with Crippen LogP contribution in [0.25, 0.3) is 0 Å². The predicted octanol–water partition coefficient (Wildman–Crippen LogP) is 4.11. The summed E-state index contributed by atoms with van der Waals surface area (Å²) in [5, 5.41) is 3.06. The third-order valence-electron chi connectivity index (χ3n) is 5.06. The van der Waals surface area contributed by atoms with Crippen molar-refractivity contribution in [3.05, 3.63) is 46.8 Å². The second kappa shape index (κ2) is 9.55. The van der Waals surface area contributed by atoms with Crippen LogP contribution < -0.4 is 11.1 Å². The molecule has 7 heteroatoms. The van der Waals surface area contributed by atoms with Crippen molar-refractivity contribution in [3.63, 3.8) is 0 Å². The maximum Gasteiger partial charge on any atom is 0.416 e. The summed E-state index contributed by atoms with van der Waals surface area (Å²) in [5.41, 5.74) is 5.99. The quantitative estimate of drug-likeness (QED) is 0.696. The maximum atomic E-state index is 13.6. The van der Waals surface area contributed by atoms with Gasteiger partial charge in [-0.1, -0.05) is 11.8 Å². The van der Waals surface area contributed by atoms with Crippen molar-refractivity contribution < 1.29 is 22.6 Å². The second-order valence-electron chi connectivity index (χ2n) is 7.50. The molecule has 158 valence electrons. The van der Waals surface area contributed by atoms with Crippen LogP contribution in [0.15, 0.2) is 30.1 Å². The highest BCUT2D eigenvalue weighted by molar-refractivity contribution is 5.45. The average molecular weight is 408 g/mol. The normalized spacial score (nSPS) is 21.2. The van der Waals surface area contributed by atoms with Crippen LogP contribution in [0, 0.1) is 17.8 Å². The van der Waals surface area contributed by atoms with Gasteiger partial charge in [0, 0.05) is 43.5 Å². The predicted molar refractivity (Wildman–Crippen MR) is 105 cm³/mol. The Balaban J connectivity index is 1.80. The highest BCUT2D eigenvalue weighted by Gasteiger charge is 2.36. The molecule has 2 fully saturated rings. The van der Waals surface area contributed by atoms with E-state index in [0.29, 0.717) is 18.0 Å². The first-order valence-electron chi connectivity index (χ1n) is 9.94. The molecule has 1 aromatic rings. The molecular weight excluding hydrogens is 381 g/mol. The first-order chi connectivity index (χ1) is 13.9. The van der Waals surface area contributed by atoms with Gasteiger partial charge < -0.3 is 20.5 Å². The van der Waals surface area contributed by atoms with Crippen molar-refractivity contribution in [2.75, 3.05) is 20.3 Å². The molecule has 2 unspecified atom stereocenters. The molecule has 2 aliphatic rings. The van der Waals surface area contributed by atoms with E-state index in [1.54, 1.807) is 0 Å². The Morgan fingerprint density at radius 1 is 1.34 bits per heavy atom. The minimum absolute atomic E-state index is 0.0351. The Morgan fingerprint density at radius 2 is 2.14 bits per heavy atom. The van der Waals surface area contributed by atoms with Gasteiger partial charge in [-0.3, -0.25) is 0 Å². The minimum atomic E-state index is -4.52. The summed E-state index contributed by atoms with van der Waals surface area (Å²) in [4.78, 5) is 0. The van der Waals surface area contributed by atoms with Crippen LogP contribution in [0.3, 0.4) is 0 Å². The largest absolute Gasteiger partial charge is 0.416 e. The summed E-state index contributed by atoms with van der Waals surface area (Å²) in [6, 6.07) is 3.87. The van der Waals surface area contributed by atoms with Gasteiger partial charge >= 0.3 is 6.18 Å². The summed E-state index contributed by atoms with van der Waals surface area (Å²) >= 11 is 0. The highest BCUT2D eigenvalue weighted by Crippen LogP contribution is 2.37. The van der Waals surface area contributed by atoms with Crippen molar-refractivity contribution in [2.24, 2.45) is 11.7 Å². The van der Waals surface area contributed by atoms with Crippen LogP contribution in [0.5, 0.6) is 0 Å². The van der Waals surface area contributed by atoms with Gasteiger partial charge in [-0.25, -0.2) is 0 Å². The van der Waals surface area contributed by atoms with Crippen LogP contribution in [0.4, 0.5) is 13.2 Å². The lowest BCUT2D eigenvalue weighted by atomic mass is 9.97. The van der Waals surface area contributed by atoms with E-state index in [2.05, 4.69) is 17.2 Å². The third-order valence-corrected chi connectivity index (χ3v) is 5.06. The average Bonchev–Trinajstić information content (AvgIpc) is 3.51. The Kier molecular flexibility index (Phi) is 7.09. The molecule has 29 heavy (non-hydrogen) atoms. The third kappa shape index (κ3) is 6.15. The zero-order chi connectivity index (χ0) is 20.9. The summed E-state index contributed by atoms with van der Waals surface area (Å²) in [5.74, 6) is 6.39. The summed E-state index contributed by atoms with van der Waals surface area (Å²) in [7, 11) is 1.35. The molecule has 3 rings (SSSR count). The zero-order valence-corrected chi connectivity index (χ0v) is 16.5. The minimum Gasteiger partial charge on any atom is -0.398 e. The van der Waals surface area contributed by atoms with Gasteiger partial charge in [-0.15, -0.1) is 0 Å². The molecule has 2 atom stereocenters. The lowest BCUT2D eigenvalue weighted by Gasteiger charge is -2.24.